The molecule has 12 nitrogen and oxygen atoms in total. The second-order valence-corrected chi connectivity index (χ2v) is 19.2. The summed E-state index contributed by atoms with van der Waals surface area (Å²) < 4.78 is 67.4. The summed E-state index contributed by atoms with van der Waals surface area (Å²) in [6, 6.07) is 59.8. The Bertz CT molecular complexity index is 2430. The van der Waals surface area contributed by atoms with Crippen molar-refractivity contribution >= 4 is 11.9 Å². The van der Waals surface area contributed by atoms with Gasteiger partial charge in [-0.05, 0) is 52.6 Å². The van der Waals surface area contributed by atoms with E-state index in [0.717, 1.165) is 33.4 Å². The van der Waals surface area contributed by atoms with Gasteiger partial charge in [0, 0.05) is 12.8 Å². The predicted molar refractivity (Wildman–Crippen MR) is 282 cm³/mol. The zero-order valence-electron chi connectivity index (χ0n) is 42.3. The fourth-order valence-electron chi connectivity index (χ4n) is 9.75. The van der Waals surface area contributed by atoms with Crippen molar-refractivity contribution in [3.8, 4) is 0 Å². The number of rotatable bonds is 18. The lowest BCUT2D eigenvalue weighted by Crippen LogP contribution is -2.61. The standard InChI is InChI=1S/C63H68O12/c64-56-36-21-37-57(65)67-45-55-61(71-41-49-28-13-4-14-29-49)63(73-43-51-32-17-6-18-33-51)59(69-39-47-24-9-2-10-25-47)53(75-55)35-20-19-34-52-58(68-38-46-22-7-1-8-23-46)62(72-42-50-30-15-5-16-31-50)60(54(74-52)44-66-56)70-40-48-26-11-3-12-27-48/h1-20,22-33,52-55,58-63H,21,34-45H2/b20-19+/t52-,53-,54-,55-,58-,59+,60-,61-,62-,63-/m1/s1. The van der Waals surface area contributed by atoms with E-state index in [1.807, 2.05) is 182 Å². The Morgan fingerprint density at radius 2 is 0.560 bits per heavy atom. The second-order valence-electron chi connectivity index (χ2n) is 19.2. The first-order valence-electron chi connectivity index (χ1n) is 26.2. The van der Waals surface area contributed by atoms with Gasteiger partial charge in [-0.1, -0.05) is 194 Å². The Balaban J connectivity index is 1.05. The van der Waals surface area contributed by atoms with Crippen LogP contribution in [0.3, 0.4) is 0 Å². The minimum Gasteiger partial charge on any atom is -0.463 e. The van der Waals surface area contributed by atoms with E-state index in [2.05, 4.69) is 12.2 Å². The third kappa shape index (κ3) is 16.1. The summed E-state index contributed by atoms with van der Waals surface area (Å²) in [6.45, 7) is 1.45. The number of benzene rings is 6. The van der Waals surface area contributed by atoms with Crippen LogP contribution in [-0.4, -0.2) is 86.2 Å². The number of cyclic esters (lactones) is 2. The molecule has 0 unspecified atom stereocenters. The van der Waals surface area contributed by atoms with E-state index in [0.29, 0.717) is 26.1 Å². The highest BCUT2D eigenvalue weighted by atomic mass is 16.6. The van der Waals surface area contributed by atoms with Crippen LogP contribution >= 0.6 is 0 Å². The van der Waals surface area contributed by atoms with Gasteiger partial charge in [0.25, 0.3) is 0 Å². The number of hydrogen-bond donors (Lipinski definition) is 0. The smallest absolute Gasteiger partial charge is 0.305 e. The first-order chi connectivity index (χ1) is 37.0. The van der Waals surface area contributed by atoms with Crippen molar-refractivity contribution < 1.29 is 57.0 Å². The molecule has 2 fully saturated rings. The molecule has 12 heteroatoms. The maximum absolute atomic E-state index is 13.5. The van der Waals surface area contributed by atoms with Gasteiger partial charge in [-0.25, -0.2) is 0 Å². The van der Waals surface area contributed by atoms with Crippen molar-refractivity contribution in [1.82, 2.24) is 0 Å². The molecule has 6 aromatic carbocycles. The maximum Gasteiger partial charge on any atom is 0.305 e. The number of hydrogen-bond acceptors (Lipinski definition) is 12. The van der Waals surface area contributed by atoms with Gasteiger partial charge in [-0.3, -0.25) is 9.59 Å². The molecule has 2 saturated heterocycles. The van der Waals surface area contributed by atoms with Crippen molar-refractivity contribution in [3.63, 3.8) is 0 Å². The second kappa shape index (κ2) is 28.5. The van der Waals surface area contributed by atoms with Crippen LogP contribution in [0.15, 0.2) is 194 Å². The minimum absolute atomic E-state index is 0.0130. The highest BCUT2D eigenvalue weighted by molar-refractivity contribution is 5.72. The topological polar surface area (TPSA) is 126 Å². The molecule has 9 rings (SSSR count). The number of ether oxygens (including phenoxy) is 10. The predicted octanol–water partition coefficient (Wildman–Crippen LogP) is 10.6. The molecule has 0 spiro atoms. The zero-order chi connectivity index (χ0) is 51.3. The molecule has 0 aliphatic carbocycles. The number of fused-ring (bicyclic) bond motifs is 4. The number of carbonyl (C=O) groups excluding carboxylic acids is 2. The summed E-state index contributed by atoms with van der Waals surface area (Å²) in [5.74, 6) is -0.945. The molecule has 3 aliphatic rings. The first-order valence-corrected chi connectivity index (χ1v) is 26.2. The van der Waals surface area contributed by atoms with Crippen LogP contribution in [0.25, 0.3) is 0 Å². The summed E-state index contributed by atoms with van der Waals surface area (Å²) >= 11 is 0. The van der Waals surface area contributed by atoms with Gasteiger partial charge in [0.2, 0.25) is 0 Å². The molecule has 6 aromatic rings. The fourth-order valence-corrected chi connectivity index (χ4v) is 9.75. The average Bonchev–Trinajstić information content (AvgIpc) is 3.46. The molecule has 75 heavy (non-hydrogen) atoms. The van der Waals surface area contributed by atoms with Crippen molar-refractivity contribution in [1.29, 1.82) is 0 Å². The Morgan fingerprint density at radius 3 is 0.827 bits per heavy atom. The summed E-state index contributed by atoms with van der Waals surface area (Å²) in [4.78, 5) is 27.1. The number of esters is 2. The lowest BCUT2D eigenvalue weighted by atomic mass is 9.91. The van der Waals surface area contributed by atoms with Gasteiger partial charge in [0.1, 0.15) is 62.0 Å². The monoisotopic (exact) mass is 1020 g/mol. The highest BCUT2D eigenvalue weighted by Gasteiger charge is 2.50. The molecule has 3 aliphatic heterocycles. The molecule has 10 atom stereocenters. The zero-order valence-corrected chi connectivity index (χ0v) is 42.3. The van der Waals surface area contributed by atoms with Crippen molar-refractivity contribution in [3.05, 3.63) is 228 Å². The van der Waals surface area contributed by atoms with E-state index < -0.39 is 73.0 Å². The van der Waals surface area contributed by atoms with Crippen LogP contribution in [0.1, 0.15) is 65.5 Å². The molecule has 392 valence electrons. The Hall–Kier alpha value is -6.32. The van der Waals surface area contributed by atoms with Crippen LogP contribution in [0.4, 0.5) is 0 Å². The summed E-state index contributed by atoms with van der Waals surface area (Å²) in [6.07, 6.45) is -1.49. The molecule has 0 N–H and O–H groups in total. The van der Waals surface area contributed by atoms with Crippen LogP contribution in [-0.2, 0) is 96.6 Å². The molecular formula is C63H68O12. The van der Waals surface area contributed by atoms with Crippen molar-refractivity contribution in [2.45, 2.75) is 133 Å². The average molecular weight is 1020 g/mol. The maximum atomic E-state index is 13.5. The molecule has 0 aromatic heterocycles. The van der Waals surface area contributed by atoms with Crippen LogP contribution in [0.2, 0.25) is 0 Å². The van der Waals surface area contributed by atoms with Gasteiger partial charge in [0.05, 0.1) is 51.8 Å². The van der Waals surface area contributed by atoms with E-state index in [9.17, 15) is 9.59 Å². The summed E-state index contributed by atoms with van der Waals surface area (Å²) in [5, 5.41) is 0. The fraction of sp³-hybridized carbons (Fsp3) is 0.365. The lowest BCUT2D eigenvalue weighted by molar-refractivity contribution is -0.270. The third-order valence-corrected chi connectivity index (χ3v) is 13.7. The first kappa shape index (κ1) is 53.5. The van der Waals surface area contributed by atoms with Crippen LogP contribution in [0.5, 0.6) is 0 Å². The SMILES string of the molecule is O=C1CCCC(=O)OC[C@H]2O[C@H](C/C=C/C[C@H]3O[C@H](CO1)[C@@H](OCc1ccccc1)[C@H](OCc1ccccc1)[C@@H]3OCc1ccccc1)[C@H](OCc1ccccc1)[C@@H](OCc1ccccc1)[C@@H]2OCc1ccccc1. The van der Waals surface area contributed by atoms with Gasteiger partial charge in [-0.15, -0.1) is 0 Å². The van der Waals surface area contributed by atoms with E-state index in [1.165, 1.54) is 0 Å². The Kier molecular flexibility index (Phi) is 20.4. The van der Waals surface area contributed by atoms with Gasteiger partial charge in [-0.2, -0.15) is 0 Å². The molecular weight excluding hydrogens is 949 g/mol. The normalized spacial score (nSPS) is 26.1. The third-order valence-electron chi connectivity index (χ3n) is 13.7. The van der Waals surface area contributed by atoms with Gasteiger partial charge in [0.15, 0.2) is 0 Å². The van der Waals surface area contributed by atoms with Gasteiger partial charge >= 0.3 is 11.9 Å². The summed E-state index contributed by atoms with van der Waals surface area (Å²) in [7, 11) is 0. The van der Waals surface area contributed by atoms with E-state index in [4.69, 9.17) is 47.4 Å². The largest absolute Gasteiger partial charge is 0.463 e. The van der Waals surface area contributed by atoms with E-state index >= 15 is 0 Å². The lowest BCUT2D eigenvalue weighted by Gasteiger charge is -2.46. The minimum atomic E-state index is -0.742. The quantitative estimate of drug-likeness (QED) is 0.0601. The van der Waals surface area contributed by atoms with Crippen LogP contribution < -0.4 is 0 Å². The summed E-state index contributed by atoms with van der Waals surface area (Å²) in [5.41, 5.74) is 5.88. The van der Waals surface area contributed by atoms with E-state index in [1.54, 1.807) is 0 Å². The van der Waals surface area contributed by atoms with Crippen molar-refractivity contribution in [2.24, 2.45) is 0 Å². The molecule has 3 heterocycles. The van der Waals surface area contributed by atoms with Gasteiger partial charge < -0.3 is 47.4 Å². The van der Waals surface area contributed by atoms with E-state index in [-0.39, 0.29) is 58.9 Å². The van der Waals surface area contributed by atoms with Crippen molar-refractivity contribution in [2.75, 3.05) is 13.2 Å². The van der Waals surface area contributed by atoms with Crippen LogP contribution in [0, 0.1) is 0 Å². The molecule has 0 saturated carbocycles. The Labute approximate surface area is 440 Å². The molecule has 0 amide bonds. The number of carbonyl (C=O) groups is 2. The molecule has 4 bridgehead atoms. The molecule has 0 radical (unpaired) electrons. The highest BCUT2D eigenvalue weighted by Crippen LogP contribution is 2.35. The Morgan fingerprint density at radius 1 is 0.320 bits per heavy atom.